The average Bonchev–Trinajstić information content (AvgIpc) is 2.57. The number of nitrogens with one attached hydrogen (secondary N) is 1. The Morgan fingerprint density at radius 2 is 1.79 bits per heavy atom. The number of aliphatic hydroxyl groups excluding tert-OH is 1. The normalized spacial score (nSPS) is 12.4. The number of methoxy groups -OCH3 is 1. The van der Waals surface area contributed by atoms with Crippen molar-refractivity contribution in [3.8, 4) is 5.75 Å². The molecular weight excluding hydrogens is 442 g/mol. The van der Waals surface area contributed by atoms with Crippen molar-refractivity contribution in [1.82, 2.24) is 0 Å². The smallest absolute Gasteiger partial charge is 0.229 e. The second-order valence-electron chi connectivity index (χ2n) is 7.61. The third-order valence-electron chi connectivity index (χ3n) is 4.15. The summed E-state index contributed by atoms with van der Waals surface area (Å²) in [5.74, 6) is 0.799. The molecule has 0 aliphatic carbocycles. The highest BCUT2D eigenvalue weighted by Gasteiger charge is 2.21. The topological polar surface area (TPSA) is 75.6 Å². The highest BCUT2D eigenvalue weighted by Crippen LogP contribution is 2.37. The van der Waals surface area contributed by atoms with Crippen molar-refractivity contribution < 1.29 is 18.3 Å². The minimum atomic E-state index is -3.37. The molecule has 0 amide bonds. The first-order valence-electron chi connectivity index (χ1n) is 8.72. The minimum Gasteiger partial charge on any atom is -0.496 e. The second-order valence-corrected chi connectivity index (χ2v) is 10.3. The fourth-order valence-corrected chi connectivity index (χ4v) is 3.92. The first kappa shape index (κ1) is 22.5. The summed E-state index contributed by atoms with van der Waals surface area (Å²) in [6, 6.07) is 9.09. The van der Waals surface area contributed by atoms with E-state index < -0.39 is 10.0 Å². The molecule has 0 aromatic heterocycles. The number of halogens is 1. The molecule has 0 fully saturated rings. The number of ether oxygens (including phenoxy) is 1. The van der Waals surface area contributed by atoms with Gasteiger partial charge in [0.05, 0.1) is 20.0 Å². The SMILES string of the molecule is COc1c(/C=C/c2ccc(NS(C)(=O)=O)cc2CO)cc(Br)cc1C(C)(C)C. The van der Waals surface area contributed by atoms with Crippen molar-refractivity contribution in [2.24, 2.45) is 0 Å². The summed E-state index contributed by atoms with van der Waals surface area (Å²) in [6.07, 6.45) is 4.90. The Bertz CT molecular complexity index is 992. The van der Waals surface area contributed by atoms with Crippen LogP contribution in [0.25, 0.3) is 12.2 Å². The molecule has 0 radical (unpaired) electrons. The molecule has 2 aromatic carbocycles. The molecule has 0 atom stereocenters. The third kappa shape index (κ3) is 5.83. The van der Waals surface area contributed by atoms with E-state index in [1.807, 2.05) is 18.2 Å². The molecule has 2 N–H and O–H groups in total. The maximum Gasteiger partial charge on any atom is 0.229 e. The summed E-state index contributed by atoms with van der Waals surface area (Å²) in [7, 11) is -1.72. The van der Waals surface area contributed by atoms with Crippen molar-refractivity contribution in [2.45, 2.75) is 32.8 Å². The zero-order valence-corrected chi connectivity index (χ0v) is 19.1. The van der Waals surface area contributed by atoms with Crippen LogP contribution in [0.4, 0.5) is 5.69 Å². The quantitative estimate of drug-likeness (QED) is 0.598. The van der Waals surface area contributed by atoms with Gasteiger partial charge in [0, 0.05) is 21.3 Å². The molecule has 28 heavy (non-hydrogen) atoms. The van der Waals surface area contributed by atoms with E-state index in [1.165, 1.54) is 0 Å². The highest BCUT2D eigenvalue weighted by atomic mass is 79.9. The van der Waals surface area contributed by atoms with Crippen LogP contribution in [0.5, 0.6) is 5.75 Å². The van der Waals surface area contributed by atoms with Gasteiger partial charge in [-0.05, 0) is 40.8 Å². The number of hydrogen-bond acceptors (Lipinski definition) is 4. The first-order valence-corrected chi connectivity index (χ1v) is 11.4. The van der Waals surface area contributed by atoms with Gasteiger partial charge in [0.1, 0.15) is 5.75 Å². The number of sulfonamides is 1. The van der Waals surface area contributed by atoms with Crippen LogP contribution in [0.15, 0.2) is 34.8 Å². The maximum absolute atomic E-state index is 11.4. The van der Waals surface area contributed by atoms with Crippen LogP contribution in [0.1, 0.15) is 43.0 Å². The molecule has 0 saturated carbocycles. The molecule has 0 aliphatic heterocycles. The van der Waals surface area contributed by atoms with Gasteiger partial charge < -0.3 is 9.84 Å². The van der Waals surface area contributed by atoms with E-state index in [1.54, 1.807) is 25.3 Å². The predicted octanol–water partition coefficient (Wildman–Crippen LogP) is 4.79. The molecule has 7 heteroatoms. The Labute approximate surface area is 175 Å². The van der Waals surface area contributed by atoms with E-state index in [-0.39, 0.29) is 12.0 Å². The number of aliphatic hydroxyl groups is 1. The molecule has 0 aliphatic rings. The van der Waals surface area contributed by atoms with E-state index in [0.717, 1.165) is 33.2 Å². The molecule has 0 spiro atoms. The lowest BCUT2D eigenvalue weighted by molar-refractivity contribution is 0.281. The first-order chi connectivity index (χ1) is 12.9. The van der Waals surface area contributed by atoms with Gasteiger partial charge in [0.25, 0.3) is 0 Å². The largest absolute Gasteiger partial charge is 0.496 e. The molecule has 2 aromatic rings. The van der Waals surface area contributed by atoms with Gasteiger partial charge in [-0.1, -0.05) is 54.9 Å². The van der Waals surface area contributed by atoms with Crippen molar-refractivity contribution >= 4 is 43.8 Å². The van der Waals surface area contributed by atoms with E-state index in [2.05, 4.69) is 47.5 Å². The molecule has 0 unspecified atom stereocenters. The van der Waals surface area contributed by atoms with Crippen molar-refractivity contribution in [3.63, 3.8) is 0 Å². The molecule has 0 saturated heterocycles. The summed E-state index contributed by atoms with van der Waals surface area (Å²) in [5.41, 5.74) is 3.73. The average molecular weight is 468 g/mol. The lowest BCUT2D eigenvalue weighted by Crippen LogP contribution is -2.13. The van der Waals surface area contributed by atoms with Gasteiger partial charge in [0.15, 0.2) is 0 Å². The van der Waals surface area contributed by atoms with E-state index >= 15 is 0 Å². The van der Waals surface area contributed by atoms with Crippen molar-refractivity contribution in [1.29, 1.82) is 0 Å². The van der Waals surface area contributed by atoms with Crippen LogP contribution >= 0.6 is 15.9 Å². The van der Waals surface area contributed by atoms with Gasteiger partial charge in [0.2, 0.25) is 10.0 Å². The number of rotatable bonds is 6. The number of anilines is 1. The molecule has 2 rings (SSSR count). The minimum absolute atomic E-state index is 0.0903. The van der Waals surface area contributed by atoms with Gasteiger partial charge in [-0.25, -0.2) is 8.42 Å². The van der Waals surface area contributed by atoms with Gasteiger partial charge in [-0.15, -0.1) is 0 Å². The predicted molar refractivity (Wildman–Crippen MR) is 119 cm³/mol. The van der Waals surface area contributed by atoms with Gasteiger partial charge in [-0.3, -0.25) is 4.72 Å². The maximum atomic E-state index is 11.4. The number of hydrogen-bond donors (Lipinski definition) is 2. The van der Waals surface area contributed by atoms with Crippen LogP contribution in [0, 0.1) is 0 Å². The molecule has 0 bridgehead atoms. The molecule has 0 heterocycles. The Morgan fingerprint density at radius 3 is 2.32 bits per heavy atom. The van der Waals surface area contributed by atoms with E-state index in [9.17, 15) is 13.5 Å². The molecular formula is C21H26BrNO4S. The zero-order chi connectivity index (χ0) is 21.1. The summed E-state index contributed by atoms with van der Waals surface area (Å²) >= 11 is 3.57. The van der Waals surface area contributed by atoms with Crippen LogP contribution < -0.4 is 9.46 Å². The third-order valence-corrected chi connectivity index (χ3v) is 5.22. The Balaban J connectivity index is 2.47. The van der Waals surface area contributed by atoms with Crippen LogP contribution in [0.2, 0.25) is 0 Å². The summed E-state index contributed by atoms with van der Waals surface area (Å²) in [6.45, 7) is 6.17. The van der Waals surface area contributed by atoms with Gasteiger partial charge >= 0.3 is 0 Å². The fourth-order valence-electron chi connectivity index (χ4n) is 2.89. The van der Waals surface area contributed by atoms with Gasteiger partial charge in [-0.2, -0.15) is 0 Å². The van der Waals surface area contributed by atoms with Crippen LogP contribution in [0.3, 0.4) is 0 Å². The lowest BCUT2D eigenvalue weighted by Gasteiger charge is -2.24. The second kappa shape index (κ2) is 8.68. The van der Waals surface area contributed by atoms with Crippen LogP contribution in [-0.4, -0.2) is 26.9 Å². The van der Waals surface area contributed by atoms with Crippen molar-refractivity contribution in [3.05, 3.63) is 57.1 Å². The van der Waals surface area contributed by atoms with E-state index in [0.29, 0.717) is 11.3 Å². The Hall–Kier alpha value is -1.83. The van der Waals surface area contributed by atoms with Crippen LogP contribution in [-0.2, 0) is 22.0 Å². The molecule has 5 nitrogen and oxygen atoms in total. The van der Waals surface area contributed by atoms with E-state index in [4.69, 9.17) is 4.74 Å². The van der Waals surface area contributed by atoms with Crippen molar-refractivity contribution in [2.75, 3.05) is 18.1 Å². The highest BCUT2D eigenvalue weighted by molar-refractivity contribution is 9.10. The molecule has 152 valence electrons. The zero-order valence-electron chi connectivity index (χ0n) is 16.7. The number of benzene rings is 2. The Morgan fingerprint density at radius 1 is 1.14 bits per heavy atom. The Kier molecular flexibility index (Phi) is 6.96. The summed E-state index contributed by atoms with van der Waals surface area (Å²) in [5, 5.41) is 9.69. The fraction of sp³-hybridized carbons (Fsp3) is 0.333. The summed E-state index contributed by atoms with van der Waals surface area (Å²) < 4.78 is 31.9. The summed E-state index contributed by atoms with van der Waals surface area (Å²) in [4.78, 5) is 0. The monoisotopic (exact) mass is 467 g/mol. The standard InChI is InChI=1S/C21H26BrNO4S/c1-21(2,3)19-12-17(22)10-15(20(19)27-4)7-6-14-8-9-18(11-16(14)13-24)23-28(5,25)26/h6-12,23-24H,13H2,1-5H3/b7-6+. The lowest BCUT2D eigenvalue weighted by atomic mass is 9.85.